The lowest BCUT2D eigenvalue weighted by Gasteiger charge is -2.26. The Morgan fingerprint density at radius 2 is 1.90 bits per heavy atom. The van der Waals surface area contributed by atoms with Gasteiger partial charge in [-0.15, -0.1) is 0 Å². The molecule has 1 fully saturated rings. The lowest BCUT2D eigenvalue weighted by Crippen LogP contribution is -2.35. The van der Waals surface area contributed by atoms with Crippen LogP contribution in [0, 0.1) is 0 Å². The standard InChI is InChI=1S/C16H22N2O2/c19-16(20-13-12-17-9-4-1-5-10-17)18-11-8-14-6-2-3-7-15(14)18/h2-3,6-7H,1,4-5,8-13H2. The molecule has 0 saturated carbocycles. The highest BCUT2D eigenvalue weighted by atomic mass is 16.6. The van der Waals surface area contributed by atoms with Gasteiger partial charge >= 0.3 is 6.09 Å². The van der Waals surface area contributed by atoms with E-state index in [0.717, 1.165) is 38.3 Å². The number of para-hydroxylation sites is 1. The van der Waals surface area contributed by atoms with Crippen LogP contribution in [0.4, 0.5) is 10.5 Å². The van der Waals surface area contributed by atoms with Gasteiger partial charge in [-0.25, -0.2) is 4.79 Å². The van der Waals surface area contributed by atoms with Crippen LogP contribution in [0.3, 0.4) is 0 Å². The number of amides is 1. The molecule has 2 aliphatic rings. The summed E-state index contributed by atoms with van der Waals surface area (Å²) in [6.07, 6.45) is 4.60. The normalized spacial score (nSPS) is 18.9. The van der Waals surface area contributed by atoms with Gasteiger partial charge in [-0.05, 0) is 44.0 Å². The van der Waals surface area contributed by atoms with Crippen LogP contribution >= 0.6 is 0 Å². The molecule has 2 aliphatic heterocycles. The summed E-state index contributed by atoms with van der Waals surface area (Å²) in [6, 6.07) is 8.06. The summed E-state index contributed by atoms with van der Waals surface area (Å²) in [7, 11) is 0. The molecule has 0 radical (unpaired) electrons. The Labute approximate surface area is 120 Å². The van der Waals surface area contributed by atoms with Gasteiger partial charge in [0.25, 0.3) is 0 Å². The Hall–Kier alpha value is -1.55. The molecule has 0 unspecified atom stereocenters. The lowest BCUT2D eigenvalue weighted by molar-refractivity contribution is 0.126. The summed E-state index contributed by atoms with van der Waals surface area (Å²) < 4.78 is 5.43. The second-order valence-electron chi connectivity index (χ2n) is 5.55. The van der Waals surface area contributed by atoms with Gasteiger partial charge in [0.2, 0.25) is 0 Å². The molecule has 1 aromatic carbocycles. The van der Waals surface area contributed by atoms with Crippen LogP contribution in [0.1, 0.15) is 24.8 Å². The summed E-state index contributed by atoms with van der Waals surface area (Å²) in [6.45, 7) is 4.38. The molecule has 0 N–H and O–H groups in total. The minimum atomic E-state index is -0.202. The smallest absolute Gasteiger partial charge is 0.414 e. The number of carbonyl (C=O) groups excluding carboxylic acids is 1. The zero-order valence-electron chi connectivity index (χ0n) is 11.9. The third kappa shape index (κ3) is 2.96. The maximum Gasteiger partial charge on any atom is 0.414 e. The number of carbonyl (C=O) groups is 1. The first-order valence-corrected chi connectivity index (χ1v) is 7.59. The summed E-state index contributed by atoms with van der Waals surface area (Å²) in [5, 5.41) is 0. The molecular formula is C16H22N2O2. The predicted molar refractivity (Wildman–Crippen MR) is 79.1 cm³/mol. The number of hydrogen-bond donors (Lipinski definition) is 0. The Balaban J connectivity index is 1.48. The van der Waals surface area contributed by atoms with Gasteiger partial charge in [0.15, 0.2) is 0 Å². The molecule has 4 heteroatoms. The van der Waals surface area contributed by atoms with Crippen molar-refractivity contribution in [3.05, 3.63) is 29.8 Å². The molecule has 0 aliphatic carbocycles. The van der Waals surface area contributed by atoms with Crippen molar-refractivity contribution in [1.82, 2.24) is 4.90 Å². The van der Waals surface area contributed by atoms with E-state index in [0.29, 0.717) is 6.61 Å². The van der Waals surface area contributed by atoms with Crippen molar-refractivity contribution in [2.75, 3.05) is 37.7 Å². The molecular weight excluding hydrogens is 252 g/mol. The number of ether oxygens (including phenoxy) is 1. The summed E-state index contributed by atoms with van der Waals surface area (Å²) in [5.74, 6) is 0. The van der Waals surface area contributed by atoms with Crippen LogP contribution in [0.5, 0.6) is 0 Å². The topological polar surface area (TPSA) is 32.8 Å². The monoisotopic (exact) mass is 274 g/mol. The summed E-state index contributed by atoms with van der Waals surface area (Å²) in [4.78, 5) is 16.3. The summed E-state index contributed by atoms with van der Waals surface area (Å²) in [5.41, 5.74) is 2.25. The minimum Gasteiger partial charge on any atom is -0.448 e. The van der Waals surface area contributed by atoms with E-state index >= 15 is 0 Å². The van der Waals surface area contributed by atoms with Crippen molar-refractivity contribution in [2.24, 2.45) is 0 Å². The minimum absolute atomic E-state index is 0.202. The number of likely N-dealkylation sites (tertiary alicyclic amines) is 1. The molecule has 1 amide bonds. The van der Waals surface area contributed by atoms with Crippen molar-refractivity contribution >= 4 is 11.8 Å². The highest BCUT2D eigenvalue weighted by Gasteiger charge is 2.25. The van der Waals surface area contributed by atoms with Crippen molar-refractivity contribution in [3.63, 3.8) is 0 Å². The van der Waals surface area contributed by atoms with Crippen LogP contribution in [0.2, 0.25) is 0 Å². The van der Waals surface area contributed by atoms with Crippen LogP contribution in [0.15, 0.2) is 24.3 Å². The predicted octanol–water partition coefficient (Wildman–Crippen LogP) is 2.67. The zero-order chi connectivity index (χ0) is 13.8. The maximum absolute atomic E-state index is 12.1. The van der Waals surface area contributed by atoms with Gasteiger partial charge < -0.3 is 4.74 Å². The molecule has 4 nitrogen and oxygen atoms in total. The number of hydrogen-bond acceptors (Lipinski definition) is 3. The average Bonchev–Trinajstić information content (AvgIpc) is 2.92. The second-order valence-corrected chi connectivity index (χ2v) is 5.55. The fraction of sp³-hybridized carbons (Fsp3) is 0.562. The van der Waals surface area contributed by atoms with Crippen molar-refractivity contribution in [1.29, 1.82) is 0 Å². The van der Waals surface area contributed by atoms with E-state index < -0.39 is 0 Å². The largest absolute Gasteiger partial charge is 0.448 e. The van der Waals surface area contributed by atoms with Gasteiger partial charge in [0.1, 0.15) is 6.61 Å². The Kier molecular flexibility index (Phi) is 4.21. The van der Waals surface area contributed by atoms with Gasteiger partial charge in [0.05, 0.1) is 5.69 Å². The third-order valence-electron chi connectivity index (χ3n) is 4.19. The number of anilines is 1. The van der Waals surface area contributed by atoms with E-state index in [1.165, 1.54) is 24.8 Å². The highest BCUT2D eigenvalue weighted by molar-refractivity contribution is 5.90. The fourth-order valence-electron chi connectivity index (χ4n) is 3.05. The molecule has 20 heavy (non-hydrogen) atoms. The second kappa shape index (κ2) is 6.27. The molecule has 1 saturated heterocycles. The molecule has 3 rings (SSSR count). The van der Waals surface area contributed by atoms with Crippen LogP contribution in [0.25, 0.3) is 0 Å². The number of fused-ring (bicyclic) bond motifs is 1. The van der Waals surface area contributed by atoms with Crippen LogP contribution in [-0.2, 0) is 11.2 Å². The summed E-state index contributed by atoms with van der Waals surface area (Å²) >= 11 is 0. The zero-order valence-corrected chi connectivity index (χ0v) is 11.9. The Morgan fingerprint density at radius 3 is 2.75 bits per heavy atom. The lowest BCUT2D eigenvalue weighted by atomic mass is 10.1. The van der Waals surface area contributed by atoms with Gasteiger partial charge in [0, 0.05) is 13.1 Å². The quantitative estimate of drug-likeness (QED) is 0.849. The SMILES string of the molecule is O=C(OCCN1CCCCC1)N1CCc2ccccc21. The van der Waals surface area contributed by atoms with Crippen molar-refractivity contribution in [3.8, 4) is 0 Å². The maximum atomic E-state index is 12.1. The average molecular weight is 274 g/mol. The van der Waals surface area contributed by atoms with Crippen molar-refractivity contribution in [2.45, 2.75) is 25.7 Å². The molecule has 1 aromatic rings. The van der Waals surface area contributed by atoms with E-state index in [2.05, 4.69) is 11.0 Å². The van der Waals surface area contributed by atoms with Crippen LogP contribution < -0.4 is 4.90 Å². The molecule has 2 heterocycles. The van der Waals surface area contributed by atoms with E-state index in [1.54, 1.807) is 4.90 Å². The molecule has 0 atom stereocenters. The van der Waals surface area contributed by atoms with Gasteiger partial charge in [-0.3, -0.25) is 9.80 Å². The van der Waals surface area contributed by atoms with Gasteiger partial charge in [-0.1, -0.05) is 24.6 Å². The number of nitrogens with zero attached hydrogens (tertiary/aromatic N) is 2. The fourth-order valence-corrected chi connectivity index (χ4v) is 3.05. The number of benzene rings is 1. The number of rotatable bonds is 3. The molecule has 0 spiro atoms. The Bertz CT molecular complexity index is 469. The first-order chi connectivity index (χ1) is 9.84. The van der Waals surface area contributed by atoms with E-state index in [-0.39, 0.29) is 6.09 Å². The van der Waals surface area contributed by atoms with Gasteiger partial charge in [-0.2, -0.15) is 0 Å². The van der Waals surface area contributed by atoms with Crippen molar-refractivity contribution < 1.29 is 9.53 Å². The number of piperidine rings is 1. The first-order valence-electron chi connectivity index (χ1n) is 7.59. The first kappa shape index (κ1) is 13.4. The molecule has 0 bridgehead atoms. The van der Waals surface area contributed by atoms with E-state index in [4.69, 9.17) is 4.74 Å². The van der Waals surface area contributed by atoms with E-state index in [1.807, 2.05) is 18.2 Å². The van der Waals surface area contributed by atoms with E-state index in [9.17, 15) is 4.79 Å². The molecule has 108 valence electrons. The molecule has 0 aromatic heterocycles. The third-order valence-corrected chi connectivity index (χ3v) is 4.19. The Morgan fingerprint density at radius 1 is 1.10 bits per heavy atom. The van der Waals surface area contributed by atoms with Crippen LogP contribution in [-0.4, -0.2) is 43.8 Å². The highest BCUT2D eigenvalue weighted by Crippen LogP contribution is 2.27.